The number of benzene rings is 1. The van der Waals surface area contributed by atoms with Crippen LogP contribution in [0.3, 0.4) is 0 Å². The molecule has 2 aromatic rings. The summed E-state index contributed by atoms with van der Waals surface area (Å²) in [6, 6.07) is 5.53. The van der Waals surface area contributed by atoms with Crippen molar-refractivity contribution >= 4 is 44.9 Å². The Labute approximate surface area is 90.9 Å². The molecule has 5 heteroatoms. The monoisotopic (exact) mass is 226 g/mol. The van der Waals surface area contributed by atoms with Crippen molar-refractivity contribution < 1.29 is 10.0 Å². The molecule has 0 aliphatic heterocycles. The van der Waals surface area contributed by atoms with Crippen molar-refractivity contribution in [3.63, 3.8) is 0 Å². The van der Waals surface area contributed by atoms with Gasteiger partial charge in [-0.05, 0) is 36.1 Å². The molecule has 14 heavy (non-hydrogen) atoms. The summed E-state index contributed by atoms with van der Waals surface area (Å²) in [6.07, 6.45) is 0. The molecular formula is C9H8BClO2S. The van der Waals surface area contributed by atoms with Crippen molar-refractivity contribution in [1.29, 1.82) is 0 Å². The molecule has 0 amide bonds. The third kappa shape index (κ3) is 1.55. The molecule has 2 rings (SSSR count). The highest BCUT2D eigenvalue weighted by molar-refractivity contribution is 7.28. The molecule has 0 atom stereocenters. The van der Waals surface area contributed by atoms with Crippen molar-refractivity contribution in [1.82, 2.24) is 0 Å². The van der Waals surface area contributed by atoms with E-state index in [9.17, 15) is 0 Å². The van der Waals surface area contributed by atoms with Crippen LogP contribution < -0.4 is 4.78 Å². The molecule has 0 saturated heterocycles. The van der Waals surface area contributed by atoms with Gasteiger partial charge in [-0.3, -0.25) is 0 Å². The second-order valence-corrected chi connectivity index (χ2v) is 4.63. The molecule has 2 nitrogen and oxygen atoms in total. The summed E-state index contributed by atoms with van der Waals surface area (Å²) in [7, 11) is -1.40. The highest BCUT2D eigenvalue weighted by Gasteiger charge is 2.18. The maximum atomic E-state index is 9.11. The number of halogens is 1. The van der Waals surface area contributed by atoms with Gasteiger partial charge in [0.25, 0.3) is 0 Å². The summed E-state index contributed by atoms with van der Waals surface area (Å²) in [6.45, 7) is 1.87. The van der Waals surface area contributed by atoms with Crippen LogP contribution in [0.5, 0.6) is 0 Å². The Kier molecular flexibility index (Phi) is 2.53. The second kappa shape index (κ2) is 3.55. The number of rotatable bonds is 1. The van der Waals surface area contributed by atoms with Crippen molar-refractivity contribution in [3.05, 3.63) is 28.8 Å². The number of thiophene rings is 1. The van der Waals surface area contributed by atoms with Crippen LogP contribution in [0.1, 0.15) is 5.56 Å². The predicted octanol–water partition coefficient (Wildman–Crippen LogP) is 1.54. The fraction of sp³-hybridized carbons (Fsp3) is 0.111. The Balaban J connectivity index is 2.74. The van der Waals surface area contributed by atoms with Crippen LogP contribution in [0.25, 0.3) is 10.1 Å². The summed E-state index contributed by atoms with van der Waals surface area (Å²) in [5.74, 6) is 0. The number of fused-ring (bicyclic) bond motifs is 1. The smallest absolute Gasteiger partial charge is 0.423 e. The maximum Gasteiger partial charge on any atom is 0.499 e. The van der Waals surface area contributed by atoms with Crippen LogP contribution in [0.15, 0.2) is 18.2 Å². The molecular weight excluding hydrogens is 218 g/mol. The van der Waals surface area contributed by atoms with Gasteiger partial charge in [0.2, 0.25) is 0 Å². The summed E-state index contributed by atoms with van der Waals surface area (Å²) >= 11 is 7.24. The largest absolute Gasteiger partial charge is 0.499 e. The Morgan fingerprint density at radius 2 is 2.07 bits per heavy atom. The van der Waals surface area contributed by atoms with E-state index in [0.29, 0.717) is 9.80 Å². The lowest BCUT2D eigenvalue weighted by molar-refractivity contribution is 0.426. The maximum absolute atomic E-state index is 9.11. The molecule has 1 heterocycles. The minimum atomic E-state index is -1.40. The van der Waals surface area contributed by atoms with E-state index in [1.165, 1.54) is 11.3 Å². The van der Waals surface area contributed by atoms with Gasteiger partial charge in [-0.2, -0.15) is 0 Å². The second-order valence-electron chi connectivity index (χ2n) is 3.11. The van der Waals surface area contributed by atoms with E-state index in [1.807, 2.05) is 19.1 Å². The SMILES string of the molecule is Cc1c(B(O)O)sc2ccc(Cl)cc12. The number of aryl methyl sites for hydroxylation is 1. The predicted molar refractivity (Wildman–Crippen MR) is 61.4 cm³/mol. The van der Waals surface area contributed by atoms with E-state index in [-0.39, 0.29) is 0 Å². The van der Waals surface area contributed by atoms with Crippen LogP contribution >= 0.6 is 22.9 Å². The molecule has 0 radical (unpaired) electrons. The lowest BCUT2D eigenvalue weighted by atomic mass is 9.86. The lowest BCUT2D eigenvalue weighted by Gasteiger charge is -1.95. The van der Waals surface area contributed by atoms with Crippen molar-refractivity contribution in [2.75, 3.05) is 0 Å². The van der Waals surface area contributed by atoms with E-state index >= 15 is 0 Å². The molecule has 0 fully saturated rings. The molecule has 2 N–H and O–H groups in total. The minimum Gasteiger partial charge on any atom is -0.423 e. The van der Waals surface area contributed by atoms with E-state index in [2.05, 4.69) is 0 Å². The molecule has 0 aliphatic rings. The molecule has 0 aliphatic carbocycles. The van der Waals surface area contributed by atoms with Gasteiger partial charge in [0.1, 0.15) is 0 Å². The lowest BCUT2D eigenvalue weighted by Crippen LogP contribution is -2.28. The van der Waals surface area contributed by atoms with Gasteiger partial charge in [0.05, 0.1) is 0 Å². The third-order valence-corrected chi connectivity index (χ3v) is 3.72. The average molecular weight is 226 g/mol. The Bertz CT molecular complexity index is 481. The molecule has 0 unspecified atom stereocenters. The van der Waals surface area contributed by atoms with Crippen molar-refractivity contribution in [3.8, 4) is 0 Å². The van der Waals surface area contributed by atoms with Crippen LogP contribution in [-0.4, -0.2) is 17.2 Å². The van der Waals surface area contributed by atoms with Crippen LogP contribution in [-0.2, 0) is 0 Å². The summed E-state index contributed by atoms with van der Waals surface area (Å²) in [5.41, 5.74) is 0.891. The van der Waals surface area contributed by atoms with Gasteiger partial charge in [-0.15, -0.1) is 11.3 Å². The van der Waals surface area contributed by atoms with Gasteiger partial charge < -0.3 is 10.0 Å². The summed E-state index contributed by atoms with van der Waals surface area (Å²) in [5, 5.41) is 19.9. The van der Waals surface area contributed by atoms with Crippen molar-refractivity contribution in [2.45, 2.75) is 6.92 Å². The van der Waals surface area contributed by atoms with Gasteiger partial charge >= 0.3 is 7.12 Å². The van der Waals surface area contributed by atoms with E-state index in [0.717, 1.165) is 15.6 Å². The molecule has 1 aromatic heterocycles. The first-order valence-corrected chi connectivity index (χ1v) is 5.33. The van der Waals surface area contributed by atoms with Gasteiger partial charge in [0.15, 0.2) is 0 Å². The molecule has 1 aromatic carbocycles. The molecule has 72 valence electrons. The highest BCUT2D eigenvalue weighted by atomic mass is 35.5. The zero-order valence-electron chi connectivity index (χ0n) is 7.49. The molecule has 0 spiro atoms. The van der Waals surface area contributed by atoms with Crippen LogP contribution in [0.2, 0.25) is 5.02 Å². The first-order valence-electron chi connectivity index (χ1n) is 4.14. The first-order chi connectivity index (χ1) is 6.59. The molecule has 0 bridgehead atoms. The minimum absolute atomic E-state index is 0.585. The Hall–Kier alpha value is -0.545. The fourth-order valence-corrected chi connectivity index (χ4v) is 2.69. The Morgan fingerprint density at radius 3 is 2.71 bits per heavy atom. The zero-order valence-corrected chi connectivity index (χ0v) is 9.06. The third-order valence-electron chi connectivity index (χ3n) is 2.17. The Morgan fingerprint density at radius 1 is 1.36 bits per heavy atom. The number of hydrogen-bond donors (Lipinski definition) is 2. The number of hydrogen-bond acceptors (Lipinski definition) is 3. The van der Waals surface area contributed by atoms with Gasteiger partial charge in [-0.1, -0.05) is 11.6 Å². The van der Waals surface area contributed by atoms with E-state index in [1.54, 1.807) is 6.07 Å². The van der Waals surface area contributed by atoms with Gasteiger partial charge in [0, 0.05) is 14.5 Å². The average Bonchev–Trinajstić information content (AvgIpc) is 2.44. The highest BCUT2D eigenvalue weighted by Crippen LogP contribution is 2.26. The summed E-state index contributed by atoms with van der Waals surface area (Å²) in [4.78, 5) is 0. The standard InChI is InChI=1S/C9H8BClO2S/c1-5-7-4-6(11)2-3-8(7)14-9(5)10(12)13/h2-4,12-13H,1H3. The van der Waals surface area contributed by atoms with E-state index in [4.69, 9.17) is 21.6 Å². The molecule has 0 saturated carbocycles. The summed E-state index contributed by atoms with van der Waals surface area (Å²) < 4.78 is 1.61. The van der Waals surface area contributed by atoms with Crippen molar-refractivity contribution in [2.24, 2.45) is 0 Å². The topological polar surface area (TPSA) is 40.5 Å². The quantitative estimate of drug-likeness (QED) is 0.724. The fourth-order valence-electron chi connectivity index (χ4n) is 1.46. The van der Waals surface area contributed by atoms with Crippen LogP contribution in [0, 0.1) is 6.92 Å². The van der Waals surface area contributed by atoms with Crippen LogP contribution in [0.4, 0.5) is 0 Å². The normalized spacial score (nSPS) is 10.9. The van der Waals surface area contributed by atoms with E-state index < -0.39 is 7.12 Å². The first kappa shape index (κ1) is 9.99. The van der Waals surface area contributed by atoms with Gasteiger partial charge in [-0.25, -0.2) is 0 Å². The zero-order chi connectivity index (χ0) is 10.3.